The average Bonchev–Trinajstić information content (AvgIpc) is 2.89. The lowest BCUT2D eigenvalue weighted by Crippen LogP contribution is -2.50. The van der Waals surface area contributed by atoms with E-state index in [2.05, 4.69) is 5.32 Å². The van der Waals surface area contributed by atoms with E-state index < -0.39 is 12.1 Å². The molecule has 2 aromatic carbocycles. The maximum Gasteiger partial charge on any atom is 0.242 e. The summed E-state index contributed by atoms with van der Waals surface area (Å²) in [6.45, 7) is 11.0. The molecule has 0 bridgehead atoms. The first-order valence-electron chi connectivity index (χ1n) is 13.6. The van der Waals surface area contributed by atoms with Gasteiger partial charge in [-0.3, -0.25) is 9.59 Å². The van der Waals surface area contributed by atoms with Gasteiger partial charge in [-0.2, -0.15) is 0 Å². The Labute approximate surface area is 228 Å². The second kappa shape index (κ2) is 15.6. The number of nitrogens with one attached hydrogen (secondary N) is 1. The number of nitrogens with zero attached hydrogens (tertiary/aromatic N) is 2. The van der Waals surface area contributed by atoms with E-state index in [1.807, 2.05) is 76.2 Å². The zero-order valence-electron chi connectivity index (χ0n) is 23.7. The van der Waals surface area contributed by atoms with E-state index in [1.165, 1.54) is 0 Å². The summed E-state index contributed by atoms with van der Waals surface area (Å²) in [5, 5.41) is 13.8. The molecule has 0 aromatic heterocycles. The number of unbranched alkanes of at least 4 members (excludes halogenated alkanes) is 1. The molecule has 0 fully saturated rings. The van der Waals surface area contributed by atoms with Gasteiger partial charge in [0.15, 0.2) is 0 Å². The van der Waals surface area contributed by atoms with Crippen LogP contribution in [0.1, 0.15) is 68.0 Å². The minimum Gasteiger partial charge on any atom is -0.390 e. The fourth-order valence-corrected chi connectivity index (χ4v) is 4.26. The number of rotatable bonds is 15. The number of amides is 2. The van der Waals surface area contributed by atoms with Crippen LogP contribution >= 0.6 is 0 Å². The van der Waals surface area contributed by atoms with Crippen LogP contribution in [0.25, 0.3) is 0 Å². The molecule has 8 nitrogen and oxygen atoms in total. The Kier molecular flexibility index (Phi) is 12.9. The normalized spacial score (nSPS) is 14.4. The summed E-state index contributed by atoms with van der Waals surface area (Å²) in [6.07, 6.45) is 0.874. The highest BCUT2D eigenvalue weighted by molar-refractivity contribution is 5.86. The monoisotopic (exact) mass is 525 g/mol. The second-order valence-corrected chi connectivity index (χ2v) is 10.3. The largest absolute Gasteiger partial charge is 0.390 e. The summed E-state index contributed by atoms with van der Waals surface area (Å²) in [5.74, 6) is -0.400. The highest BCUT2D eigenvalue weighted by atomic mass is 16.3. The van der Waals surface area contributed by atoms with Crippen molar-refractivity contribution in [2.45, 2.75) is 71.7 Å². The highest BCUT2D eigenvalue weighted by Crippen LogP contribution is 2.25. The summed E-state index contributed by atoms with van der Waals surface area (Å²) in [7, 11) is 0. The van der Waals surface area contributed by atoms with Crippen molar-refractivity contribution in [1.29, 1.82) is 0 Å². The van der Waals surface area contributed by atoms with Gasteiger partial charge in [0.25, 0.3) is 0 Å². The topological polar surface area (TPSA) is 125 Å². The molecule has 2 rings (SSSR count). The standard InChI is InChI=1S/C30H47N5O3/c1-21-8-12-26(13-9-21)24(4)34(19-28(36)23(3)32)30(38)20-35(29(37)18-33-17-7-6-16-31)25(5)27-14-10-22(2)11-15-27/h8-15,23-25,28,33,36H,6-7,16-20,31-32H2,1-5H3/t23?,24-,25?,28?/m0/s1. The zero-order chi connectivity index (χ0) is 28.2. The fraction of sp³-hybridized carbons (Fsp3) is 0.533. The lowest BCUT2D eigenvalue weighted by molar-refractivity contribution is -0.144. The predicted octanol–water partition coefficient (Wildman–Crippen LogP) is 2.82. The van der Waals surface area contributed by atoms with Gasteiger partial charge in [0, 0.05) is 12.6 Å². The van der Waals surface area contributed by atoms with Crippen molar-refractivity contribution in [1.82, 2.24) is 15.1 Å². The molecule has 0 aliphatic rings. The van der Waals surface area contributed by atoms with E-state index in [9.17, 15) is 14.7 Å². The van der Waals surface area contributed by atoms with Gasteiger partial charge < -0.3 is 31.7 Å². The predicted molar refractivity (Wildman–Crippen MR) is 153 cm³/mol. The lowest BCUT2D eigenvalue weighted by Gasteiger charge is -2.36. The Morgan fingerprint density at radius 2 is 1.34 bits per heavy atom. The number of hydrogen-bond donors (Lipinski definition) is 4. The molecule has 38 heavy (non-hydrogen) atoms. The molecule has 0 radical (unpaired) electrons. The first kappa shape index (κ1) is 31.4. The third-order valence-electron chi connectivity index (χ3n) is 7.08. The lowest BCUT2D eigenvalue weighted by atomic mass is 10.0. The highest BCUT2D eigenvalue weighted by Gasteiger charge is 2.30. The van der Waals surface area contributed by atoms with Crippen molar-refractivity contribution < 1.29 is 14.7 Å². The van der Waals surface area contributed by atoms with E-state index in [0.29, 0.717) is 13.1 Å². The van der Waals surface area contributed by atoms with Crippen LogP contribution in [0.4, 0.5) is 0 Å². The van der Waals surface area contributed by atoms with Crippen LogP contribution in [-0.4, -0.2) is 71.6 Å². The van der Waals surface area contributed by atoms with Gasteiger partial charge in [-0.25, -0.2) is 0 Å². The van der Waals surface area contributed by atoms with Crippen molar-refractivity contribution in [3.63, 3.8) is 0 Å². The van der Waals surface area contributed by atoms with Crippen molar-refractivity contribution >= 4 is 11.8 Å². The summed E-state index contributed by atoms with van der Waals surface area (Å²) in [5.41, 5.74) is 15.7. The average molecular weight is 526 g/mol. The van der Waals surface area contributed by atoms with Gasteiger partial charge >= 0.3 is 0 Å². The van der Waals surface area contributed by atoms with Gasteiger partial charge in [0.05, 0.1) is 24.7 Å². The van der Waals surface area contributed by atoms with E-state index in [1.54, 1.807) is 16.7 Å². The van der Waals surface area contributed by atoms with Crippen LogP contribution < -0.4 is 16.8 Å². The second-order valence-electron chi connectivity index (χ2n) is 10.3. The smallest absolute Gasteiger partial charge is 0.242 e. The number of benzene rings is 2. The SMILES string of the molecule is Cc1ccc(C(C)N(CC(=O)N(CC(O)C(C)N)[C@@H](C)c2ccc(C)cc2)C(=O)CNCCCCN)cc1. The first-order chi connectivity index (χ1) is 18.0. The molecular weight excluding hydrogens is 478 g/mol. The number of aryl methyl sites for hydroxylation is 2. The van der Waals surface area contributed by atoms with Gasteiger partial charge in [-0.1, -0.05) is 59.7 Å². The molecule has 0 saturated carbocycles. The molecule has 6 N–H and O–H groups in total. The van der Waals surface area contributed by atoms with E-state index in [4.69, 9.17) is 11.5 Å². The number of hydrogen-bond acceptors (Lipinski definition) is 6. The number of aliphatic hydroxyl groups excluding tert-OH is 1. The van der Waals surface area contributed by atoms with Crippen LogP contribution in [0.15, 0.2) is 48.5 Å². The Hall–Kier alpha value is -2.78. The van der Waals surface area contributed by atoms with Gasteiger partial charge in [0.1, 0.15) is 6.54 Å². The van der Waals surface area contributed by atoms with Crippen LogP contribution in [0.2, 0.25) is 0 Å². The Morgan fingerprint density at radius 1 is 0.842 bits per heavy atom. The molecule has 0 aliphatic heterocycles. The van der Waals surface area contributed by atoms with Crippen molar-refractivity contribution in [3.8, 4) is 0 Å². The van der Waals surface area contributed by atoms with Crippen LogP contribution in [0.3, 0.4) is 0 Å². The molecule has 3 unspecified atom stereocenters. The fourth-order valence-electron chi connectivity index (χ4n) is 4.26. The van der Waals surface area contributed by atoms with E-state index in [-0.39, 0.29) is 43.5 Å². The summed E-state index contributed by atoms with van der Waals surface area (Å²) in [6, 6.07) is 14.9. The molecular formula is C30H47N5O3. The Bertz CT molecular complexity index is 994. The van der Waals surface area contributed by atoms with Crippen molar-refractivity contribution in [2.75, 3.05) is 32.7 Å². The molecule has 0 saturated heterocycles. The maximum absolute atomic E-state index is 13.8. The van der Waals surface area contributed by atoms with Crippen LogP contribution in [-0.2, 0) is 9.59 Å². The molecule has 0 heterocycles. The molecule has 2 amide bonds. The zero-order valence-corrected chi connectivity index (χ0v) is 23.7. The van der Waals surface area contributed by atoms with E-state index in [0.717, 1.165) is 35.1 Å². The molecule has 0 spiro atoms. The van der Waals surface area contributed by atoms with Gasteiger partial charge in [-0.05, 0) is 71.7 Å². The van der Waals surface area contributed by atoms with E-state index >= 15 is 0 Å². The maximum atomic E-state index is 13.8. The quantitative estimate of drug-likeness (QED) is 0.265. The van der Waals surface area contributed by atoms with Crippen molar-refractivity contribution in [2.24, 2.45) is 11.5 Å². The van der Waals surface area contributed by atoms with Crippen LogP contribution in [0.5, 0.6) is 0 Å². The first-order valence-corrected chi connectivity index (χ1v) is 13.6. The number of aliphatic hydroxyl groups is 1. The number of carbonyl (C=O) groups is 2. The minimum absolute atomic E-state index is 0.0732. The molecule has 210 valence electrons. The van der Waals surface area contributed by atoms with Crippen LogP contribution in [0, 0.1) is 13.8 Å². The summed E-state index contributed by atoms with van der Waals surface area (Å²) >= 11 is 0. The number of carbonyl (C=O) groups excluding carboxylic acids is 2. The number of nitrogens with two attached hydrogens (primary N) is 2. The summed E-state index contributed by atoms with van der Waals surface area (Å²) < 4.78 is 0. The molecule has 2 aromatic rings. The third-order valence-corrected chi connectivity index (χ3v) is 7.08. The summed E-state index contributed by atoms with van der Waals surface area (Å²) in [4.78, 5) is 30.5. The minimum atomic E-state index is -0.894. The molecule has 4 atom stereocenters. The third kappa shape index (κ3) is 9.51. The van der Waals surface area contributed by atoms with Gasteiger partial charge in [-0.15, -0.1) is 0 Å². The molecule has 0 aliphatic carbocycles. The van der Waals surface area contributed by atoms with Crippen molar-refractivity contribution in [3.05, 3.63) is 70.8 Å². The van der Waals surface area contributed by atoms with Gasteiger partial charge in [0.2, 0.25) is 11.8 Å². The Morgan fingerprint density at radius 3 is 1.82 bits per heavy atom. The Balaban J connectivity index is 2.31. The molecule has 8 heteroatoms.